The number of hydrogen-bond donors (Lipinski definition) is 0. The van der Waals surface area contributed by atoms with Gasteiger partial charge >= 0.3 is 0 Å². The molecule has 24 heavy (non-hydrogen) atoms. The summed E-state index contributed by atoms with van der Waals surface area (Å²) in [7, 11) is 0. The molecule has 0 fully saturated rings. The molecular weight excluding hydrogens is 322 g/mol. The van der Waals surface area contributed by atoms with Crippen LogP contribution in [-0.2, 0) is 13.0 Å². The minimum absolute atomic E-state index is 0.565. The third kappa shape index (κ3) is 2.01. The van der Waals surface area contributed by atoms with Gasteiger partial charge in [0.2, 0.25) is 5.82 Å². The second kappa shape index (κ2) is 5.12. The molecule has 0 amide bonds. The fourth-order valence-electron chi connectivity index (χ4n) is 3.36. The zero-order valence-electron chi connectivity index (χ0n) is 13.6. The summed E-state index contributed by atoms with van der Waals surface area (Å²) in [5.74, 6) is 1.29. The van der Waals surface area contributed by atoms with E-state index in [0.29, 0.717) is 17.6 Å². The second-order valence-electron chi connectivity index (χ2n) is 6.42. The Hall–Kier alpha value is -2.25. The molecule has 6 nitrogen and oxygen atoms in total. The SMILES string of the molecule is CC(C)N1CCc2c(sc3ncn4nc(-c5ccco5)nc4c23)C1. The summed E-state index contributed by atoms with van der Waals surface area (Å²) in [6, 6.07) is 4.29. The Labute approximate surface area is 142 Å². The fraction of sp³-hybridized carbons (Fsp3) is 0.353. The van der Waals surface area contributed by atoms with Gasteiger partial charge in [-0.25, -0.2) is 14.5 Å². The van der Waals surface area contributed by atoms with Gasteiger partial charge in [-0.1, -0.05) is 0 Å². The third-order valence-electron chi connectivity index (χ3n) is 4.68. The minimum Gasteiger partial charge on any atom is -0.461 e. The summed E-state index contributed by atoms with van der Waals surface area (Å²) >= 11 is 1.79. The van der Waals surface area contributed by atoms with Gasteiger partial charge in [-0.2, -0.15) is 0 Å². The maximum atomic E-state index is 5.43. The van der Waals surface area contributed by atoms with E-state index in [1.165, 1.54) is 10.4 Å². The number of fused-ring (bicyclic) bond motifs is 5. The molecule has 7 heteroatoms. The molecule has 0 saturated carbocycles. The summed E-state index contributed by atoms with van der Waals surface area (Å²) in [6.45, 7) is 6.59. The van der Waals surface area contributed by atoms with Gasteiger partial charge in [0.1, 0.15) is 11.2 Å². The van der Waals surface area contributed by atoms with Crippen LogP contribution >= 0.6 is 11.3 Å². The minimum atomic E-state index is 0.565. The van der Waals surface area contributed by atoms with Gasteiger partial charge < -0.3 is 4.42 Å². The Morgan fingerprint density at radius 3 is 3.04 bits per heavy atom. The van der Waals surface area contributed by atoms with Crippen molar-refractivity contribution in [1.82, 2.24) is 24.5 Å². The molecule has 0 N–H and O–H groups in total. The molecule has 0 aliphatic carbocycles. The molecule has 0 radical (unpaired) electrons. The van der Waals surface area contributed by atoms with Gasteiger partial charge in [0.05, 0.1) is 11.6 Å². The van der Waals surface area contributed by atoms with E-state index in [9.17, 15) is 0 Å². The zero-order chi connectivity index (χ0) is 16.3. The Bertz CT molecular complexity index is 1030. The number of hydrogen-bond acceptors (Lipinski definition) is 6. The summed E-state index contributed by atoms with van der Waals surface area (Å²) in [6.07, 6.45) is 4.43. The molecule has 0 aromatic carbocycles. The maximum Gasteiger partial charge on any atom is 0.217 e. The normalized spacial score (nSPS) is 15.6. The van der Waals surface area contributed by atoms with Crippen LogP contribution in [0.1, 0.15) is 24.3 Å². The van der Waals surface area contributed by atoms with Gasteiger partial charge in [-0.15, -0.1) is 16.4 Å². The van der Waals surface area contributed by atoms with Crippen molar-refractivity contribution in [3.05, 3.63) is 35.2 Å². The van der Waals surface area contributed by atoms with E-state index in [1.807, 2.05) is 12.1 Å². The topological polar surface area (TPSA) is 59.5 Å². The van der Waals surface area contributed by atoms with Gasteiger partial charge in [0, 0.05) is 24.0 Å². The van der Waals surface area contributed by atoms with Gasteiger partial charge in [0.15, 0.2) is 11.4 Å². The molecule has 0 spiro atoms. The number of furan rings is 1. The summed E-state index contributed by atoms with van der Waals surface area (Å²) in [4.78, 5) is 14.3. The smallest absolute Gasteiger partial charge is 0.217 e. The monoisotopic (exact) mass is 339 g/mol. The average molecular weight is 339 g/mol. The molecule has 4 aromatic heterocycles. The van der Waals surface area contributed by atoms with Gasteiger partial charge in [-0.3, -0.25) is 4.90 Å². The number of rotatable bonds is 2. The van der Waals surface area contributed by atoms with Crippen molar-refractivity contribution < 1.29 is 4.42 Å². The van der Waals surface area contributed by atoms with Crippen molar-refractivity contribution in [3.8, 4) is 11.6 Å². The Morgan fingerprint density at radius 2 is 2.25 bits per heavy atom. The molecule has 0 saturated heterocycles. The first-order valence-electron chi connectivity index (χ1n) is 8.14. The second-order valence-corrected chi connectivity index (χ2v) is 7.51. The van der Waals surface area contributed by atoms with Crippen molar-refractivity contribution in [3.63, 3.8) is 0 Å². The Morgan fingerprint density at radius 1 is 1.33 bits per heavy atom. The van der Waals surface area contributed by atoms with E-state index in [-0.39, 0.29) is 0 Å². The molecule has 1 aliphatic heterocycles. The van der Waals surface area contributed by atoms with Crippen LogP contribution in [-0.4, -0.2) is 37.1 Å². The van der Waals surface area contributed by atoms with Gasteiger partial charge in [-0.05, 0) is 38.0 Å². The maximum absolute atomic E-state index is 5.43. The molecular formula is C17H17N5OS. The van der Waals surface area contributed by atoms with E-state index in [2.05, 4.69) is 28.8 Å². The van der Waals surface area contributed by atoms with Crippen molar-refractivity contribution in [2.75, 3.05) is 6.54 Å². The molecule has 122 valence electrons. The van der Waals surface area contributed by atoms with E-state index >= 15 is 0 Å². The highest BCUT2D eigenvalue weighted by molar-refractivity contribution is 7.19. The van der Waals surface area contributed by atoms with E-state index in [1.54, 1.807) is 28.4 Å². The van der Waals surface area contributed by atoms with Crippen LogP contribution in [0, 0.1) is 0 Å². The van der Waals surface area contributed by atoms with Crippen LogP contribution in [0.5, 0.6) is 0 Å². The lowest BCUT2D eigenvalue weighted by Gasteiger charge is -2.30. The van der Waals surface area contributed by atoms with Crippen LogP contribution in [0.2, 0.25) is 0 Å². The van der Waals surface area contributed by atoms with Crippen LogP contribution < -0.4 is 0 Å². The van der Waals surface area contributed by atoms with E-state index in [0.717, 1.165) is 35.4 Å². The molecule has 1 aliphatic rings. The van der Waals surface area contributed by atoms with Crippen molar-refractivity contribution >= 4 is 27.2 Å². The predicted octanol–water partition coefficient (Wildman–Crippen LogP) is 3.37. The van der Waals surface area contributed by atoms with Crippen molar-refractivity contribution in [1.29, 1.82) is 0 Å². The Balaban J connectivity index is 1.71. The van der Waals surface area contributed by atoms with Crippen LogP contribution in [0.3, 0.4) is 0 Å². The van der Waals surface area contributed by atoms with Crippen LogP contribution in [0.4, 0.5) is 0 Å². The van der Waals surface area contributed by atoms with Gasteiger partial charge in [0.25, 0.3) is 0 Å². The average Bonchev–Trinajstić information content (AvgIpc) is 3.29. The zero-order valence-corrected chi connectivity index (χ0v) is 14.4. The lowest BCUT2D eigenvalue weighted by atomic mass is 10.0. The fourth-order valence-corrected chi connectivity index (χ4v) is 4.57. The molecule has 5 rings (SSSR count). The van der Waals surface area contributed by atoms with E-state index < -0.39 is 0 Å². The summed E-state index contributed by atoms with van der Waals surface area (Å²) in [5.41, 5.74) is 2.27. The number of nitrogens with zero attached hydrogens (tertiary/aromatic N) is 5. The predicted molar refractivity (Wildman–Crippen MR) is 93.1 cm³/mol. The van der Waals surface area contributed by atoms with E-state index in [4.69, 9.17) is 9.40 Å². The summed E-state index contributed by atoms with van der Waals surface area (Å²) in [5, 5.41) is 5.68. The standard InChI is InChI=1S/C17H17N5OS/c1-10(2)21-6-5-11-13(8-21)24-17-14(11)16-19-15(12-4-3-7-23-12)20-22(16)9-18-17/h3-4,7,9-10H,5-6,8H2,1-2H3. The highest BCUT2D eigenvalue weighted by Gasteiger charge is 2.25. The van der Waals surface area contributed by atoms with Crippen LogP contribution in [0.15, 0.2) is 29.1 Å². The number of aromatic nitrogens is 4. The first kappa shape index (κ1) is 14.1. The highest BCUT2D eigenvalue weighted by Crippen LogP contribution is 2.36. The molecule has 0 atom stereocenters. The highest BCUT2D eigenvalue weighted by atomic mass is 32.1. The summed E-state index contributed by atoms with van der Waals surface area (Å²) < 4.78 is 7.20. The first-order valence-corrected chi connectivity index (χ1v) is 8.96. The van der Waals surface area contributed by atoms with Crippen molar-refractivity contribution in [2.24, 2.45) is 0 Å². The molecule has 4 aromatic rings. The lowest BCUT2D eigenvalue weighted by Crippen LogP contribution is -2.35. The van der Waals surface area contributed by atoms with Crippen LogP contribution in [0.25, 0.3) is 27.4 Å². The Kier molecular flexibility index (Phi) is 3.01. The molecule has 0 bridgehead atoms. The largest absolute Gasteiger partial charge is 0.461 e. The number of thiophene rings is 1. The first-order chi connectivity index (χ1) is 11.7. The van der Waals surface area contributed by atoms with Crippen molar-refractivity contribution in [2.45, 2.75) is 32.9 Å². The quantitative estimate of drug-likeness (QED) is 0.560. The molecule has 5 heterocycles. The third-order valence-corrected chi connectivity index (χ3v) is 5.80. The lowest BCUT2D eigenvalue weighted by molar-refractivity contribution is 0.206. The molecule has 0 unspecified atom stereocenters.